The number of rotatable bonds is 3. The van der Waals surface area contributed by atoms with E-state index in [4.69, 9.17) is 4.74 Å². The normalized spacial score (nSPS) is 28.3. The fourth-order valence-electron chi connectivity index (χ4n) is 3.74. The van der Waals surface area contributed by atoms with Gasteiger partial charge >= 0.3 is 0 Å². The summed E-state index contributed by atoms with van der Waals surface area (Å²) in [5.74, 6) is 0.392. The van der Waals surface area contributed by atoms with Gasteiger partial charge in [-0.25, -0.2) is 0 Å². The third kappa shape index (κ3) is 3.10. The van der Waals surface area contributed by atoms with Gasteiger partial charge in [-0.2, -0.15) is 0 Å². The minimum absolute atomic E-state index is 0.0102. The molecule has 4 heteroatoms. The molecule has 1 aliphatic rings. The summed E-state index contributed by atoms with van der Waals surface area (Å²) in [6.45, 7) is 6.19. The van der Waals surface area contributed by atoms with Crippen LogP contribution in [0.3, 0.4) is 0 Å². The molecule has 0 spiro atoms. The summed E-state index contributed by atoms with van der Waals surface area (Å²) in [5, 5.41) is 30.8. The van der Waals surface area contributed by atoms with Crippen LogP contribution in [0.15, 0.2) is 12.1 Å². The van der Waals surface area contributed by atoms with E-state index in [2.05, 4.69) is 13.8 Å². The van der Waals surface area contributed by atoms with Crippen molar-refractivity contribution in [2.24, 2.45) is 11.3 Å². The van der Waals surface area contributed by atoms with Gasteiger partial charge in [0.1, 0.15) is 5.75 Å². The van der Waals surface area contributed by atoms with Gasteiger partial charge in [-0.3, -0.25) is 0 Å². The Labute approximate surface area is 126 Å². The standard InChI is InChI=1S/C17H26O4/c1-16(2)6-5-7-17(3,20)15(16)9-11-8-13(19)14(21-4)10-12(11)18/h8,10,15,18-20H,5-7,9H2,1-4H3. The van der Waals surface area contributed by atoms with Crippen molar-refractivity contribution in [2.45, 2.75) is 52.1 Å². The van der Waals surface area contributed by atoms with Crippen molar-refractivity contribution in [1.29, 1.82) is 0 Å². The number of phenols is 2. The van der Waals surface area contributed by atoms with Crippen LogP contribution in [0.1, 0.15) is 45.6 Å². The van der Waals surface area contributed by atoms with E-state index in [1.165, 1.54) is 19.2 Å². The van der Waals surface area contributed by atoms with Crippen LogP contribution >= 0.6 is 0 Å². The molecule has 2 atom stereocenters. The number of ether oxygens (including phenoxy) is 1. The summed E-state index contributed by atoms with van der Waals surface area (Å²) >= 11 is 0. The van der Waals surface area contributed by atoms with Gasteiger partial charge in [-0.05, 0) is 49.1 Å². The lowest BCUT2D eigenvalue weighted by Gasteiger charge is -2.48. The molecule has 21 heavy (non-hydrogen) atoms. The van der Waals surface area contributed by atoms with Gasteiger partial charge in [0.05, 0.1) is 12.7 Å². The van der Waals surface area contributed by atoms with Crippen molar-refractivity contribution in [2.75, 3.05) is 7.11 Å². The number of methoxy groups -OCH3 is 1. The van der Waals surface area contributed by atoms with Gasteiger partial charge in [0.2, 0.25) is 0 Å². The molecule has 1 fully saturated rings. The fraction of sp³-hybridized carbons (Fsp3) is 0.647. The molecule has 4 nitrogen and oxygen atoms in total. The molecule has 1 aromatic rings. The molecule has 118 valence electrons. The first-order valence-corrected chi connectivity index (χ1v) is 7.48. The molecule has 0 aromatic heterocycles. The molecule has 1 aliphatic carbocycles. The number of phenolic OH excluding ortho intramolecular Hbond substituents is 2. The number of aliphatic hydroxyl groups is 1. The first-order chi connectivity index (χ1) is 9.67. The van der Waals surface area contributed by atoms with Crippen molar-refractivity contribution >= 4 is 0 Å². The molecule has 0 aliphatic heterocycles. The zero-order valence-corrected chi connectivity index (χ0v) is 13.3. The van der Waals surface area contributed by atoms with E-state index in [1.807, 2.05) is 6.92 Å². The molecule has 0 amide bonds. The summed E-state index contributed by atoms with van der Waals surface area (Å²) in [5.41, 5.74) is -0.124. The molecule has 0 saturated heterocycles. The maximum absolute atomic E-state index is 10.7. The van der Waals surface area contributed by atoms with Crippen LogP contribution in [0.25, 0.3) is 0 Å². The van der Waals surface area contributed by atoms with E-state index in [1.54, 1.807) is 0 Å². The van der Waals surface area contributed by atoms with E-state index < -0.39 is 5.60 Å². The number of hydrogen-bond donors (Lipinski definition) is 3. The molecule has 0 heterocycles. The van der Waals surface area contributed by atoms with E-state index in [0.717, 1.165) is 19.3 Å². The second-order valence-corrected chi connectivity index (χ2v) is 7.11. The van der Waals surface area contributed by atoms with E-state index >= 15 is 0 Å². The van der Waals surface area contributed by atoms with E-state index in [0.29, 0.717) is 12.0 Å². The van der Waals surface area contributed by atoms with Crippen LogP contribution in [-0.2, 0) is 6.42 Å². The topological polar surface area (TPSA) is 69.9 Å². The Bertz CT molecular complexity index is 504. The SMILES string of the molecule is COc1cc(O)c(CC2C(C)(C)CCCC2(C)O)cc1O. The van der Waals surface area contributed by atoms with Gasteiger partial charge in [0.15, 0.2) is 11.5 Å². The number of hydrogen-bond acceptors (Lipinski definition) is 4. The average Bonchev–Trinajstić information content (AvgIpc) is 2.36. The van der Waals surface area contributed by atoms with E-state index in [9.17, 15) is 15.3 Å². The Morgan fingerprint density at radius 3 is 2.38 bits per heavy atom. The smallest absolute Gasteiger partial charge is 0.164 e. The molecule has 3 N–H and O–H groups in total. The number of benzene rings is 1. The van der Waals surface area contributed by atoms with Gasteiger partial charge < -0.3 is 20.1 Å². The zero-order valence-electron chi connectivity index (χ0n) is 13.3. The fourth-order valence-corrected chi connectivity index (χ4v) is 3.74. The predicted molar refractivity (Wildman–Crippen MR) is 81.8 cm³/mol. The highest BCUT2D eigenvalue weighted by Crippen LogP contribution is 2.48. The summed E-state index contributed by atoms with van der Waals surface area (Å²) in [4.78, 5) is 0. The second kappa shape index (κ2) is 5.41. The third-order valence-corrected chi connectivity index (χ3v) is 5.00. The molecular formula is C17H26O4. The average molecular weight is 294 g/mol. The quantitative estimate of drug-likeness (QED) is 0.749. The van der Waals surface area contributed by atoms with Gasteiger partial charge in [0.25, 0.3) is 0 Å². The molecule has 0 bridgehead atoms. The lowest BCUT2D eigenvalue weighted by Crippen LogP contribution is -2.48. The monoisotopic (exact) mass is 294 g/mol. The van der Waals surface area contributed by atoms with Crippen LogP contribution in [0.2, 0.25) is 0 Å². The molecule has 2 rings (SSSR count). The van der Waals surface area contributed by atoms with Crippen molar-refractivity contribution in [3.8, 4) is 17.2 Å². The van der Waals surface area contributed by atoms with Crippen LogP contribution < -0.4 is 4.74 Å². The molecular weight excluding hydrogens is 268 g/mol. The van der Waals surface area contributed by atoms with Gasteiger partial charge in [0, 0.05) is 6.07 Å². The molecule has 1 saturated carbocycles. The van der Waals surface area contributed by atoms with Crippen molar-refractivity contribution in [1.82, 2.24) is 0 Å². The van der Waals surface area contributed by atoms with Gasteiger partial charge in [-0.1, -0.05) is 20.3 Å². The molecule has 0 radical (unpaired) electrons. The minimum Gasteiger partial charge on any atom is -0.508 e. The Hall–Kier alpha value is -1.42. The Balaban J connectivity index is 2.33. The van der Waals surface area contributed by atoms with Crippen molar-refractivity contribution in [3.05, 3.63) is 17.7 Å². The zero-order chi connectivity index (χ0) is 15.8. The summed E-state index contributed by atoms with van der Waals surface area (Å²) in [6.07, 6.45) is 3.36. The summed E-state index contributed by atoms with van der Waals surface area (Å²) in [7, 11) is 1.45. The highest BCUT2D eigenvalue weighted by molar-refractivity contribution is 5.49. The summed E-state index contributed by atoms with van der Waals surface area (Å²) < 4.78 is 4.99. The largest absolute Gasteiger partial charge is 0.508 e. The highest BCUT2D eigenvalue weighted by Gasteiger charge is 2.45. The van der Waals surface area contributed by atoms with Crippen molar-refractivity contribution in [3.63, 3.8) is 0 Å². The lowest BCUT2D eigenvalue weighted by molar-refractivity contribution is -0.0885. The van der Waals surface area contributed by atoms with Crippen LogP contribution in [0, 0.1) is 11.3 Å². The van der Waals surface area contributed by atoms with Crippen LogP contribution in [0.4, 0.5) is 0 Å². The first kappa shape index (κ1) is 16.0. The minimum atomic E-state index is -0.760. The maximum Gasteiger partial charge on any atom is 0.164 e. The second-order valence-electron chi connectivity index (χ2n) is 7.11. The Morgan fingerprint density at radius 2 is 1.81 bits per heavy atom. The Kier molecular flexibility index (Phi) is 4.11. The van der Waals surface area contributed by atoms with Crippen molar-refractivity contribution < 1.29 is 20.1 Å². The maximum atomic E-state index is 10.7. The molecule has 2 unspecified atom stereocenters. The van der Waals surface area contributed by atoms with Crippen LogP contribution in [-0.4, -0.2) is 28.0 Å². The van der Waals surface area contributed by atoms with Crippen LogP contribution in [0.5, 0.6) is 17.2 Å². The summed E-state index contributed by atoms with van der Waals surface area (Å²) in [6, 6.07) is 2.96. The Morgan fingerprint density at radius 1 is 1.14 bits per heavy atom. The first-order valence-electron chi connectivity index (χ1n) is 7.48. The molecule has 1 aromatic carbocycles. The van der Waals surface area contributed by atoms with Gasteiger partial charge in [-0.15, -0.1) is 0 Å². The number of aromatic hydroxyl groups is 2. The third-order valence-electron chi connectivity index (χ3n) is 5.00. The lowest BCUT2D eigenvalue weighted by atomic mass is 9.60. The predicted octanol–water partition coefficient (Wildman–Crippen LogP) is 3.23. The highest BCUT2D eigenvalue weighted by atomic mass is 16.5. The van der Waals surface area contributed by atoms with E-state index in [-0.39, 0.29) is 28.6 Å².